The Labute approximate surface area is 123 Å². The molecule has 2 N–H and O–H groups in total. The smallest absolute Gasteiger partial charge is 0.00390 e. The van der Waals surface area contributed by atoms with Gasteiger partial charge in [-0.25, -0.2) is 0 Å². The van der Waals surface area contributed by atoms with E-state index >= 15 is 0 Å². The van der Waals surface area contributed by atoms with Crippen LogP contribution in [0.5, 0.6) is 0 Å². The molecular weight excluding hydrogens is 242 g/mol. The largest absolute Gasteiger partial charge is 0.328 e. The van der Waals surface area contributed by atoms with Gasteiger partial charge >= 0.3 is 0 Å². The van der Waals surface area contributed by atoms with Crippen molar-refractivity contribution in [3.8, 4) is 0 Å². The topological polar surface area (TPSA) is 26.0 Å². The average Bonchev–Trinajstić information content (AvgIpc) is 2.49. The second-order valence-electron chi connectivity index (χ2n) is 5.79. The third-order valence-electron chi connectivity index (χ3n) is 4.00. The molecule has 0 amide bonds. The molecule has 1 aromatic rings. The minimum absolute atomic E-state index is 0.367. The lowest BCUT2D eigenvalue weighted by Crippen LogP contribution is -2.19. The maximum Gasteiger partial charge on any atom is 0.00390 e. The van der Waals surface area contributed by atoms with E-state index in [1.807, 2.05) is 0 Å². The van der Waals surface area contributed by atoms with Gasteiger partial charge in [-0.2, -0.15) is 0 Å². The van der Waals surface area contributed by atoms with E-state index in [0.29, 0.717) is 6.04 Å². The van der Waals surface area contributed by atoms with Crippen LogP contribution in [0.25, 0.3) is 0 Å². The summed E-state index contributed by atoms with van der Waals surface area (Å²) in [6.07, 6.45) is 16.4. The molecule has 0 saturated carbocycles. The van der Waals surface area contributed by atoms with E-state index in [2.05, 4.69) is 48.6 Å². The van der Waals surface area contributed by atoms with Crippen molar-refractivity contribution >= 4 is 0 Å². The van der Waals surface area contributed by atoms with E-state index in [9.17, 15) is 0 Å². The average molecular weight is 269 g/mol. The Kier molecular flexibility index (Phi) is 6.59. The van der Waals surface area contributed by atoms with Crippen molar-refractivity contribution in [3.05, 3.63) is 59.7 Å². The molecule has 1 aromatic carbocycles. The molecule has 1 atom stereocenters. The fourth-order valence-corrected chi connectivity index (χ4v) is 2.78. The number of rotatable bonds is 8. The molecular formula is C19H27N. The summed E-state index contributed by atoms with van der Waals surface area (Å²) in [5.74, 6) is 0. The van der Waals surface area contributed by atoms with Gasteiger partial charge in [-0.15, -0.1) is 0 Å². The first-order chi connectivity index (χ1) is 9.84. The van der Waals surface area contributed by atoms with Gasteiger partial charge in [0.2, 0.25) is 0 Å². The summed E-state index contributed by atoms with van der Waals surface area (Å²) in [6, 6.07) is 11.1. The fourth-order valence-electron chi connectivity index (χ4n) is 2.78. The van der Waals surface area contributed by atoms with Crippen LogP contribution in [-0.2, 0) is 6.42 Å². The molecule has 0 aromatic heterocycles. The SMILES string of the molecule is NC(CCCC1=CCCC=C1)CCCc1ccccc1. The number of benzene rings is 1. The van der Waals surface area contributed by atoms with Crippen LogP contribution in [0.2, 0.25) is 0 Å². The predicted octanol–water partition coefficient (Wildman–Crippen LogP) is 4.78. The molecule has 1 aliphatic carbocycles. The molecule has 2 rings (SSSR count). The third kappa shape index (κ3) is 5.75. The minimum atomic E-state index is 0.367. The van der Waals surface area contributed by atoms with Gasteiger partial charge in [0.1, 0.15) is 0 Å². The Hall–Kier alpha value is -1.34. The highest BCUT2D eigenvalue weighted by Gasteiger charge is 2.04. The summed E-state index contributed by atoms with van der Waals surface area (Å²) in [4.78, 5) is 0. The van der Waals surface area contributed by atoms with E-state index in [-0.39, 0.29) is 0 Å². The van der Waals surface area contributed by atoms with E-state index in [4.69, 9.17) is 5.73 Å². The first-order valence-corrected chi connectivity index (χ1v) is 7.99. The van der Waals surface area contributed by atoms with Crippen LogP contribution in [0.1, 0.15) is 50.5 Å². The van der Waals surface area contributed by atoms with Crippen LogP contribution in [0, 0.1) is 0 Å². The zero-order valence-corrected chi connectivity index (χ0v) is 12.4. The van der Waals surface area contributed by atoms with Crippen LogP contribution in [0.3, 0.4) is 0 Å². The lowest BCUT2D eigenvalue weighted by atomic mass is 9.98. The monoisotopic (exact) mass is 269 g/mol. The third-order valence-corrected chi connectivity index (χ3v) is 4.00. The molecule has 0 aliphatic heterocycles. The predicted molar refractivity (Wildman–Crippen MR) is 87.7 cm³/mol. The van der Waals surface area contributed by atoms with Crippen molar-refractivity contribution in [1.82, 2.24) is 0 Å². The van der Waals surface area contributed by atoms with Crippen LogP contribution in [0.4, 0.5) is 0 Å². The van der Waals surface area contributed by atoms with Crippen molar-refractivity contribution < 1.29 is 0 Å². The summed E-state index contributed by atoms with van der Waals surface area (Å²) in [7, 11) is 0. The van der Waals surface area contributed by atoms with Gasteiger partial charge < -0.3 is 5.73 Å². The van der Waals surface area contributed by atoms with Gasteiger partial charge in [0, 0.05) is 6.04 Å². The van der Waals surface area contributed by atoms with Crippen molar-refractivity contribution in [2.45, 2.75) is 57.4 Å². The maximum atomic E-state index is 6.22. The van der Waals surface area contributed by atoms with Crippen LogP contribution < -0.4 is 5.73 Å². The molecule has 108 valence electrons. The fraction of sp³-hybridized carbons (Fsp3) is 0.474. The summed E-state index contributed by atoms with van der Waals surface area (Å²) in [5.41, 5.74) is 9.15. The first kappa shape index (κ1) is 15.1. The molecule has 20 heavy (non-hydrogen) atoms. The zero-order chi connectivity index (χ0) is 14.0. The molecule has 1 nitrogen and oxygen atoms in total. The Morgan fingerprint density at radius 2 is 1.70 bits per heavy atom. The van der Waals surface area contributed by atoms with Gasteiger partial charge in [0.05, 0.1) is 0 Å². The Bertz CT molecular complexity index is 430. The quantitative estimate of drug-likeness (QED) is 0.722. The summed E-state index contributed by atoms with van der Waals surface area (Å²) in [6.45, 7) is 0. The van der Waals surface area contributed by atoms with E-state index in [0.717, 1.165) is 19.3 Å². The molecule has 1 aliphatic rings. The number of hydrogen-bond acceptors (Lipinski definition) is 1. The molecule has 0 fully saturated rings. The number of nitrogens with two attached hydrogens (primary N) is 1. The summed E-state index contributed by atoms with van der Waals surface area (Å²) >= 11 is 0. The van der Waals surface area contributed by atoms with Gasteiger partial charge in [-0.1, -0.05) is 54.1 Å². The van der Waals surface area contributed by atoms with E-state index < -0.39 is 0 Å². The number of hydrogen-bond donors (Lipinski definition) is 1. The number of allylic oxidation sites excluding steroid dienone is 4. The lowest BCUT2D eigenvalue weighted by Gasteiger charge is -2.12. The second kappa shape index (κ2) is 8.76. The van der Waals surface area contributed by atoms with Crippen LogP contribution >= 0.6 is 0 Å². The van der Waals surface area contributed by atoms with Crippen molar-refractivity contribution in [2.75, 3.05) is 0 Å². The molecule has 0 heterocycles. The van der Waals surface area contributed by atoms with Crippen molar-refractivity contribution in [3.63, 3.8) is 0 Å². The van der Waals surface area contributed by atoms with Crippen LogP contribution in [-0.4, -0.2) is 6.04 Å². The summed E-state index contributed by atoms with van der Waals surface area (Å²) < 4.78 is 0. The Morgan fingerprint density at radius 3 is 2.40 bits per heavy atom. The highest BCUT2D eigenvalue weighted by Crippen LogP contribution is 2.17. The van der Waals surface area contributed by atoms with Gasteiger partial charge in [0.25, 0.3) is 0 Å². The van der Waals surface area contributed by atoms with Gasteiger partial charge in [-0.05, 0) is 56.9 Å². The zero-order valence-electron chi connectivity index (χ0n) is 12.4. The van der Waals surface area contributed by atoms with Crippen molar-refractivity contribution in [1.29, 1.82) is 0 Å². The Balaban J connectivity index is 1.55. The second-order valence-corrected chi connectivity index (χ2v) is 5.79. The molecule has 1 heteroatoms. The van der Waals surface area contributed by atoms with Crippen LogP contribution in [0.15, 0.2) is 54.1 Å². The van der Waals surface area contributed by atoms with E-state index in [1.165, 1.54) is 43.2 Å². The molecule has 0 bridgehead atoms. The molecule has 0 radical (unpaired) electrons. The van der Waals surface area contributed by atoms with Gasteiger partial charge in [-0.3, -0.25) is 0 Å². The standard InChI is InChI=1S/C19H27N/c20-19(15-7-13-17-9-3-1-4-10-17)16-8-14-18-11-5-2-6-12-18/h1,3-5,9-12,19H,2,6-8,13-16,20H2. The van der Waals surface area contributed by atoms with E-state index in [1.54, 1.807) is 0 Å². The first-order valence-electron chi connectivity index (χ1n) is 7.99. The molecule has 0 spiro atoms. The highest BCUT2D eigenvalue weighted by molar-refractivity contribution is 5.21. The minimum Gasteiger partial charge on any atom is -0.328 e. The van der Waals surface area contributed by atoms with Crippen molar-refractivity contribution in [2.24, 2.45) is 5.73 Å². The van der Waals surface area contributed by atoms with Gasteiger partial charge in [0.15, 0.2) is 0 Å². The Morgan fingerprint density at radius 1 is 0.950 bits per heavy atom. The lowest BCUT2D eigenvalue weighted by molar-refractivity contribution is 0.527. The maximum absolute atomic E-state index is 6.22. The highest BCUT2D eigenvalue weighted by atomic mass is 14.6. The molecule has 0 saturated heterocycles. The number of aryl methyl sites for hydroxylation is 1. The molecule has 1 unspecified atom stereocenters. The normalized spacial score (nSPS) is 15.9. The summed E-state index contributed by atoms with van der Waals surface area (Å²) in [5, 5.41) is 0.